The van der Waals surface area contributed by atoms with Gasteiger partial charge in [-0.25, -0.2) is 0 Å². The van der Waals surface area contributed by atoms with E-state index in [4.69, 9.17) is 0 Å². The van der Waals surface area contributed by atoms with Crippen LogP contribution in [-0.4, -0.2) is 14.6 Å². The first kappa shape index (κ1) is 19.1. The molecule has 3 heteroatoms. The molecule has 0 amide bonds. The number of hydrogen-bond donors (Lipinski definition) is 0. The SMILES string of the molecule is CC1(C)SC2(SC1(c1ccccc1)c1ccccc1)C(C)(C)C(=O)C2(C)C. The molecule has 0 atom stereocenters. The molecule has 1 spiro atoms. The Labute approximate surface area is 171 Å². The predicted molar refractivity (Wildman–Crippen MR) is 118 cm³/mol. The second-order valence-corrected chi connectivity index (χ2v) is 12.8. The third-order valence-corrected chi connectivity index (χ3v) is 12.0. The predicted octanol–water partition coefficient (Wildman–Crippen LogP) is 6.52. The van der Waals surface area contributed by atoms with E-state index in [2.05, 4.69) is 102 Å². The van der Waals surface area contributed by atoms with Crippen LogP contribution < -0.4 is 0 Å². The van der Waals surface area contributed by atoms with Crippen molar-refractivity contribution in [3.8, 4) is 0 Å². The highest BCUT2D eigenvalue weighted by atomic mass is 32.2. The molecule has 1 saturated heterocycles. The number of Topliss-reactive ketones (excluding diaryl/α,β-unsaturated/α-hetero) is 1. The minimum atomic E-state index is -0.353. The maximum atomic E-state index is 13.0. The molecule has 2 fully saturated rings. The first-order valence-corrected chi connectivity index (χ1v) is 11.2. The lowest BCUT2D eigenvalue weighted by atomic mass is 9.53. The van der Waals surface area contributed by atoms with Crippen molar-refractivity contribution in [2.45, 2.75) is 55.1 Å². The van der Waals surface area contributed by atoms with Gasteiger partial charge in [0.2, 0.25) is 0 Å². The van der Waals surface area contributed by atoms with Gasteiger partial charge in [-0.1, -0.05) is 88.4 Å². The molecule has 1 aliphatic heterocycles. The van der Waals surface area contributed by atoms with Gasteiger partial charge >= 0.3 is 0 Å². The van der Waals surface area contributed by atoms with Crippen LogP contribution in [0.2, 0.25) is 0 Å². The molecule has 27 heavy (non-hydrogen) atoms. The Balaban J connectivity index is 2.00. The van der Waals surface area contributed by atoms with E-state index >= 15 is 0 Å². The third-order valence-electron chi connectivity index (χ3n) is 6.69. The van der Waals surface area contributed by atoms with E-state index in [1.165, 1.54) is 11.1 Å². The van der Waals surface area contributed by atoms with Gasteiger partial charge < -0.3 is 0 Å². The smallest absolute Gasteiger partial charge is 0.148 e. The van der Waals surface area contributed by atoms with Crippen LogP contribution in [0, 0.1) is 10.8 Å². The summed E-state index contributed by atoms with van der Waals surface area (Å²) in [5.41, 5.74) is 1.94. The highest BCUT2D eigenvalue weighted by molar-refractivity contribution is 8.23. The molecule has 0 radical (unpaired) electrons. The summed E-state index contributed by atoms with van der Waals surface area (Å²) in [7, 11) is 0. The second-order valence-electron chi connectivity index (χ2n) is 9.32. The summed E-state index contributed by atoms with van der Waals surface area (Å²) in [5.74, 6) is 0.378. The fourth-order valence-corrected chi connectivity index (χ4v) is 10.5. The fraction of sp³-hybridized carbons (Fsp3) is 0.458. The summed E-state index contributed by atoms with van der Waals surface area (Å²) in [4.78, 5) is 13.0. The Morgan fingerprint density at radius 1 is 0.630 bits per heavy atom. The van der Waals surface area contributed by atoms with Crippen molar-refractivity contribution in [3.05, 3.63) is 71.8 Å². The maximum absolute atomic E-state index is 13.0. The maximum Gasteiger partial charge on any atom is 0.148 e. The van der Waals surface area contributed by atoms with Gasteiger partial charge in [-0.3, -0.25) is 4.79 Å². The molecule has 0 N–H and O–H groups in total. The summed E-state index contributed by atoms with van der Waals surface area (Å²) in [6.45, 7) is 13.3. The normalized spacial score (nSPS) is 25.9. The summed E-state index contributed by atoms with van der Waals surface area (Å²) in [5, 5.41) is 0. The zero-order valence-electron chi connectivity index (χ0n) is 17.0. The Hall–Kier alpha value is -1.19. The number of benzene rings is 2. The highest BCUT2D eigenvalue weighted by Crippen LogP contribution is 2.83. The lowest BCUT2D eigenvalue weighted by molar-refractivity contribution is -0.152. The zero-order chi connectivity index (χ0) is 19.7. The first-order valence-electron chi connectivity index (χ1n) is 9.59. The summed E-state index contributed by atoms with van der Waals surface area (Å²) in [6, 6.07) is 21.7. The number of hydrogen-bond acceptors (Lipinski definition) is 3. The minimum absolute atomic E-state index is 0.0738. The average Bonchev–Trinajstić information content (AvgIpc) is 2.93. The van der Waals surface area contributed by atoms with E-state index < -0.39 is 0 Å². The summed E-state index contributed by atoms with van der Waals surface area (Å²) >= 11 is 4.03. The Bertz CT molecular complexity index is 824. The Morgan fingerprint density at radius 2 is 1.04 bits per heavy atom. The van der Waals surface area contributed by atoms with Gasteiger partial charge in [-0.2, -0.15) is 0 Å². The van der Waals surface area contributed by atoms with E-state index in [9.17, 15) is 4.79 Å². The van der Waals surface area contributed by atoms with E-state index in [0.29, 0.717) is 5.78 Å². The van der Waals surface area contributed by atoms with Crippen LogP contribution in [-0.2, 0) is 9.54 Å². The average molecular weight is 397 g/mol. The van der Waals surface area contributed by atoms with Gasteiger partial charge in [-0.05, 0) is 25.0 Å². The molecule has 0 unspecified atom stereocenters. The van der Waals surface area contributed by atoms with Crippen LogP contribution >= 0.6 is 23.5 Å². The van der Waals surface area contributed by atoms with Gasteiger partial charge in [0.15, 0.2) is 0 Å². The molecule has 0 aromatic heterocycles. The topological polar surface area (TPSA) is 17.1 Å². The van der Waals surface area contributed by atoms with Crippen LogP contribution in [0.4, 0.5) is 0 Å². The van der Waals surface area contributed by atoms with Crippen molar-refractivity contribution >= 4 is 29.3 Å². The molecular formula is C24H28OS2. The minimum Gasteiger partial charge on any atom is -0.298 e. The number of ketones is 1. The van der Waals surface area contributed by atoms with Gasteiger partial charge in [0.1, 0.15) is 5.78 Å². The number of carbonyl (C=O) groups is 1. The standard InChI is InChI=1S/C24H28OS2/c1-20(2)19(25)21(3,4)24(20)26-22(5,6)23(27-24,17-13-9-7-10-14-17)18-15-11-8-12-16-18/h7-16H,1-6H3. The lowest BCUT2D eigenvalue weighted by Gasteiger charge is -2.63. The number of thioether (sulfide) groups is 2. The first-order chi connectivity index (χ1) is 12.5. The molecular weight excluding hydrogens is 368 g/mol. The van der Waals surface area contributed by atoms with Gasteiger partial charge in [-0.15, -0.1) is 23.5 Å². The number of carbonyl (C=O) groups excluding carboxylic acids is 1. The van der Waals surface area contributed by atoms with Gasteiger partial charge in [0.05, 0.1) is 8.83 Å². The van der Waals surface area contributed by atoms with Crippen LogP contribution in [0.1, 0.15) is 52.7 Å². The molecule has 2 aromatic carbocycles. The molecule has 2 aromatic rings. The lowest BCUT2D eigenvalue weighted by Crippen LogP contribution is -2.70. The Morgan fingerprint density at radius 3 is 1.44 bits per heavy atom. The molecule has 1 saturated carbocycles. The van der Waals surface area contributed by atoms with Crippen molar-refractivity contribution in [2.24, 2.45) is 10.8 Å². The fourth-order valence-electron chi connectivity index (χ4n) is 5.43. The summed E-state index contributed by atoms with van der Waals surface area (Å²) in [6.07, 6.45) is 0. The van der Waals surface area contributed by atoms with Crippen LogP contribution in [0.5, 0.6) is 0 Å². The van der Waals surface area contributed by atoms with Crippen molar-refractivity contribution < 1.29 is 4.79 Å². The molecule has 0 bridgehead atoms. The van der Waals surface area contributed by atoms with E-state index in [1.807, 2.05) is 23.5 Å². The molecule has 1 nitrogen and oxygen atoms in total. The van der Waals surface area contributed by atoms with Crippen molar-refractivity contribution in [1.82, 2.24) is 0 Å². The van der Waals surface area contributed by atoms with Crippen molar-refractivity contribution in [2.75, 3.05) is 0 Å². The largest absolute Gasteiger partial charge is 0.298 e. The summed E-state index contributed by atoms with van der Waals surface area (Å²) < 4.78 is -0.447. The molecule has 142 valence electrons. The van der Waals surface area contributed by atoms with Gasteiger partial charge in [0, 0.05) is 15.6 Å². The second kappa shape index (κ2) is 5.67. The van der Waals surface area contributed by atoms with Crippen LogP contribution in [0.25, 0.3) is 0 Å². The third kappa shape index (κ3) is 2.13. The van der Waals surface area contributed by atoms with E-state index in [1.54, 1.807) is 0 Å². The van der Waals surface area contributed by atoms with Gasteiger partial charge in [0.25, 0.3) is 0 Å². The molecule has 1 heterocycles. The van der Waals surface area contributed by atoms with E-state index in [0.717, 1.165) is 0 Å². The number of rotatable bonds is 2. The molecule has 4 rings (SSSR count). The highest BCUT2D eigenvalue weighted by Gasteiger charge is 2.80. The molecule has 2 aliphatic rings. The Kier molecular flexibility index (Phi) is 4.02. The van der Waals surface area contributed by atoms with Crippen LogP contribution in [0.15, 0.2) is 60.7 Å². The quantitative estimate of drug-likeness (QED) is 0.575. The van der Waals surface area contributed by atoms with Crippen molar-refractivity contribution in [3.63, 3.8) is 0 Å². The monoisotopic (exact) mass is 396 g/mol. The van der Waals surface area contributed by atoms with E-state index in [-0.39, 0.29) is 24.4 Å². The zero-order valence-corrected chi connectivity index (χ0v) is 18.6. The van der Waals surface area contributed by atoms with Crippen LogP contribution in [0.3, 0.4) is 0 Å². The van der Waals surface area contributed by atoms with Crippen molar-refractivity contribution in [1.29, 1.82) is 0 Å². The molecule has 1 aliphatic carbocycles.